The van der Waals surface area contributed by atoms with Crippen molar-refractivity contribution in [3.63, 3.8) is 0 Å². The van der Waals surface area contributed by atoms with Crippen molar-refractivity contribution in [1.82, 2.24) is 4.31 Å². The maximum Gasteiger partial charge on any atom is 0.261 e. The number of nitrogens with zero attached hydrogens (tertiary/aromatic N) is 1. The molecule has 1 saturated heterocycles. The van der Waals surface area contributed by atoms with E-state index in [1.165, 1.54) is 28.6 Å². The lowest BCUT2D eigenvalue weighted by atomic mass is 9.86. The molecule has 0 radical (unpaired) electrons. The Kier molecular flexibility index (Phi) is 6.05. The van der Waals surface area contributed by atoms with Crippen LogP contribution in [0.4, 0.5) is 5.69 Å². The molecular formula is C20H26N2O5S2. The summed E-state index contributed by atoms with van der Waals surface area (Å²) < 4.78 is 60.3. The van der Waals surface area contributed by atoms with Crippen LogP contribution in [0.2, 0.25) is 0 Å². The van der Waals surface area contributed by atoms with Crippen LogP contribution in [-0.4, -0.2) is 47.4 Å². The van der Waals surface area contributed by atoms with Gasteiger partial charge in [0.25, 0.3) is 10.0 Å². The molecule has 9 heteroatoms. The number of morpholine rings is 1. The van der Waals surface area contributed by atoms with Gasteiger partial charge in [-0.2, -0.15) is 4.31 Å². The maximum absolute atomic E-state index is 12.9. The van der Waals surface area contributed by atoms with E-state index in [0.29, 0.717) is 18.9 Å². The van der Waals surface area contributed by atoms with Gasteiger partial charge in [0.2, 0.25) is 10.0 Å². The highest BCUT2D eigenvalue weighted by Gasteiger charge is 2.27. The second kappa shape index (κ2) is 8.06. The first kappa shape index (κ1) is 21.8. The molecule has 0 amide bonds. The third-order valence-electron chi connectivity index (χ3n) is 4.72. The number of hydrogen-bond acceptors (Lipinski definition) is 5. The quantitative estimate of drug-likeness (QED) is 0.775. The van der Waals surface area contributed by atoms with Crippen LogP contribution in [0.15, 0.2) is 58.3 Å². The van der Waals surface area contributed by atoms with Crippen LogP contribution in [0.5, 0.6) is 0 Å². The molecule has 0 bridgehead atoms. The van der Waals surface area contributed by atoms with Crippen LogP contribution in [0.1, 0.15) is 26.3 Å². The maximum atomic E-state index is 12.9. The Morgan fingerprint density at radius 1 is 0.862 bits per heavy atom. The van der Waals surface area contributed by atoms with E-state index in [1.54, 1.807) is 12.1 Å². The summed E-state index contributed by atoms with van der Waals surface area (Å²) in [5, 5.41) is 0. The molecule has 1 aliphatic rings. The zero-order valence-corrected chi connectivity index (χ0v) is 18.4. The molecule has 2 aromatic rings. The predicted octanol–water partition coefficient (Wildman–Crippen LogP) is 2.81. The van der Waals surface area contributed by atoms with E-state index in [2.05, 4.69) is 4.72 Å². The summed E-state index contributed by atoms with van der Waals surface area (Å²) in [6.07, 6.45) is 0. The molecule has 1 heterocycles. The van der Waals surface area contributed by atoms with Crippen LogP contribution in [0.25, 0.3) is 0 Å². The number of nitrogens with one attached hydrogen (secondary N) is 1. The van der Waals surface area contributed by atoms with Crippen molar-refractivity contribution in [3.8, 4) is 0 Å². The summed E-state index contributed by atoms with van der Waals surface area (Å²) in [7, 11) is -7.53. The Morgan fingerprint density at radius 3 is 2.00 bits per heavy atom. The zero-order valence-electron chi connectivity index (χ0n) is 16.8. The topological polar surface area (TPSA) is 92.8 Å². The minimum atomic E-state index is -3.86. The van der Waals surface area contributed by atoms with Gasteiger partial charge in [0, 0.05) is 13.1 Å². The molecule has 158 valence electrons. The fourth-order valence-corrected chi connectivity index (χ4v) is 5.64. The Labute approximate surface area is 172 Å². The molecule has 7 nitrogen and oxygen atoms in total. The van der Waals surface area contributed by atoms with Crippen LogP contribution in [0, 0.1) is 0 Å². The molecule has 0 aromatic heterocycles. The summed E-state index contributed by atoms with van der Waals surface area (Å²) in [6.45, 7) is 7.29. The highest BCUT2D eigenvalue weighted by molar-refractivity contribution is 7.92. The zero-order chi connectivity index (χ0) is 21.3. The molecule has 2 aromatic carbocycles. The van der Waals surface area contributed by atoms with Crippen LogP contribution in [-0.2, 0) is 30.2 Å². The first-order chi connectivity index (χ1) is 13.5. The molecule has 0 spiro atoms. The Hall–Kier alpha value is -1.94. The molecular weight excluding hydrogens is 412 g/mol. The Balaban J connectivity index is 1.86. The van der Waals surface area contributed by atoms with Crippen molar-refractivity contribution < 1.29 is 21.6 Å². The van der Waals surface area contributed by atoms with Crippen LogP contribution >= 0.6 is 0 Å². The van der Waals surface area contributed by atoms with Crippen LogP contribution in [0.3, 0.4) is 0 Å². The summed E-state index contributed by atoms with van der Waals surface area (Å²) >= 11 is 0. The second-order valence-electron chi connectivity index (χ2n) is 7.89. The normalized spacial score (nSPS) is 16.5. The average molecular weight is 439 g/mol. The standard InChI is InChI=1S/C20H26N2O5S2/c1-20(2,3)18-6-4-5-7-19(18)21-28(23,24)16-8-10-17(11-9-16)29(25,26)22-12-14-27-15-13-22/h4-11,21H,12-15H2,1-3H3. The third-order valence-corrected chi connectivity index (χ3v) is 8.02. The molecule has 1 aliphatic heterocycles. The van der Waals surface area contributed by atoms with E-state index in [0.717, 1.165) is 5.56 Å². The van der Waals surface area contributed by atoms with Gasteiger partial charge in [-0.05, 0) is 41.3 Å². The molecule has 1 N–H and O–H groups in total. The van der Waals surface area contributed by atoms with Gasteiger partial charge in [0.1, 0.15) is 0 Å². The monoisotopic (exact) mass is 438 g/mol. The van der Waals surface area contributed by atoms with Gasteiger partial charge < -0.3 is 4.74 Å². The van der Waals surface area contributed by atoms with E-state index in [1.807, 2.05) is 32.9 Å². The van der Waals surface area contributed by atoms with Gasteiger partial charge in [-0.25, -0.2) is 16.8 Å². The second-order valence-corrected chi connectivity index (χ2v) is 11.5. The molecule has 1 fully saturated rings. The lowest BCUT2D eigenvalue weighted by Crippen LogP contribution is -2.40. The number of para-hydroxylation sites is 1. The first-order valence-electron chi connectivity index (χ1n) is 9.32. The molecule has 0 atom stereocenters. The summed E-state index contributed by atoms with van der Waals surface area (Å²) in [5.74, 6) is 0. The van der Waals surface area contributed by atoms with Crippen LogP contribution < -0.4 is 4.72 Å². The van der Waals surface area contributed by atoms with Gasteiger partial charge in [0.15, 0.2) is 0 Å². The minimum absolute atomic E-state index is 0.00198. The molecule has 3 rings (SSSR count). The molecule has 0 unspecified atom stereocenters. The average Bonchev–Trinajstić information content (AvgIpc) is 2.68. The molecule has 0 aliphatic carbocycles. The van der Waals surface area contributed by atoms with Gasteiger partial charge in [-0.15, -0.1) is 0 Å². The largest absolute Gasteiger partial charge is 0.379 e. The SMILES string of the molecule is CC(C)(C)c1ccccc1NS(=O)(=O)c1ccc(S(=O)(=O)N2CCOCC2)cc1. The van der Waals surface area contributed by atoms with Gasteiger partial charge in [-0.1, -0.05) is 39.0 Å². The fourth-order valence-electron chi connectivity index (χ4n) is 3.16. The number of ether oxygens (including phenoxy) is 1. The predicted molar refractivity (Wildman–Crippen MR) is 112 cm³/mol. The van der Waals surface area contributed by atoms with Gasteiger partial charge in [-0.3, -0.25) is 4.72 Å². The number of sulfonamides is 2. The Bertz CT molecular complexity index is 1070. The summed E-state index contributed by atoms with van der Waals surface area (Å²) in [6, 6.07) is 12.5. The summed E-state index contributed by atoms with van der Waals surface area (Å²) in [5.41, 5.74) is 1.13. The smallest absolute Gasteiger partial charge is 0.261 e. The van der Waals surface area contributed by atoms with Crippen molar-refractivity contribution in [2.75, 3.05) is 31.0 Å². The van der Waals surface area contributed by atoms with E-state index in [9.17, 15) is 16.8 Å². The van der Waals surface area contributed by atoms with Crippen molar-refractivity contribution in [2.45, 2.75) is 36.0 Å². The van der Waals surface area contributed by atoms with Crippen molar-refractivity contribution in [3.05, 3.63) is 54.1 Å². The van der Waals surface area contributed by atoms with E-state index >= 15 is 0 Å². The lowest BCUT2D eigenvalue weighted by molar-refractivity contribution is 0.0730. The number of anilines is 1. The van der Waals surface area contributed by atoms with Gasteiger partial charge >= 0.3 is 0 Å². The minimum Gasteiger partial charge on any atom is -0.379 e. The van der Waals surface area contributed by atoms with Gasteiger partial charge in [0.05, 0.1) is 28.7 Å². The van der Waals surface area contributed by atoms with Crippen molar-refractivity contribution in [2.24, 2.45) is 0 Å². The first-order valence-corrected chi connectivity index (χ1v) is 12.2. The molecule has 0 saturated carbocycles. The van der Waals surface area contributed by atoms with Crippen molar-refractivity contribution >= 4 is 25.7 Å². The number of hydrogen-bond donors (Lipinski definition) is 1. The van der Waals surface area contributed by atoms with Crippen molar-refractivity contribution in [1.29, 1.82) is 0 Å². The van der Waals surface area contributed by atoms with E-state index in [4.69, 9.17) is 4.74 Å². The summed E-state index contributed by atoms with van der Waals surface area (Å²) in [4.78, 5) is 0.0654. The highest BCUT2D eigenvalue weighted by atomic mass is 32.2. The number of rotatable bonds is 5. The van der Waals surface area contributed by atoms with E-state index in [-0.39, 0.29) is 28.3 Å². The Morgan fingerprint density at radius 2 is 1.41 bits per heavy atom. The number of benzene rings is 2. The van der Waals surface area contributed by atoms with E-state index < -0.39 is 20.0 Å². The lowest BCUT2D eigenvalue weighted by Gasteiger charge is -2.26. The molecule has 29 heavy (non-hydrogen) atoms. The fraction of sp³-hybridized carbons (Fsp3) is 0.400. The highest BCUT2D eigenvalue weighted by Crippen LogP contribution is 2.31. The third kappa shape index (κ3) is 4.80.